The molecular weight excluding hydrogens is 604 g/mol. The van der Waals surface area contributed by atoms with Crippen LogP contribution in [0.15, 0.2) is 60.5 Å². The molecule has 0 saturated heterocycles. The van der Waals surface area contributed by atoms with Gasteiger partial charge in [0.05, 0.1) is 35.6 Å². The van der Waals surface area contributed by atoms with Crippen molar-refractivity contribution in [3.8, 4) is 39.5 Å². The first-order valence-electron chi connectivity index (χ1n) is 15.5. The van der Waals surface area contributed by atoms with E-state index in [-0.39, 0.29) is 29.4 Å². The lowest BCUT2D eigenvalue weighted by molar-refractivity contribution is -0.129. The Balaban J connectivity index is 1.50. The van der Waals surface area contributed by atoms with Crippen LogP contribution in [0.1, 0.15) is 43.6 Å². The zero-order valence-electron chi connectivity index (χ0n) is 26.3. The summed E-state index contributed by atoms with van der Waals surface area (Å²) in [4.78, 5) is 22.0. The van der Waals surface area contributed by atoms with E-state index in [1.807, 2.05) is 43.0 Å². The second-order valence-corrected chi connectivity index (χ2v) is 13.3. The van der Waals surface area contributed by atoms with E-state index in [4.69, 9.17) is 14.8 Å². The second kappa shape index (κ2) is 11.7. The van der Waals surface area contributed by atoms with Gasteiger partial charge >= 0.3 is 0 Å². The number of halogens is 2. The third kappa shape index (κ3) is 5.19. The first-order valence-corrected chi connectivity index (χ1v) is 16.4. The molecule has 5 aromatic rings. The molecule has 0 spiro atoms. The fourth-order valence-electron chi connectivity index (χ4n) is 6.68. The first kappa shape index (κ1) is 30.3. The van der Waals surface area contributed by atoms with Gasteiger partial charge in [-0.25, -0.2) is 13.8 Å². The number of rotatable bonds is 6. The number of aromatic nitrogens is 3. The standard InChI is InChI=1S/C36H35F2N5O2S/c1-6-31(44)42-12-13-43-29(21(42)4)18-28(40-43)35-33(32-27(38)16-25(37)17-30(32)45-20(2)3)36-26(10-14-46-36)34(39-35)23-7-8-24-19-41(5)11-9-22(24)15-23/h6-8,10,14-18,20-21H,1,9,11-13,19H2,2-5H3. The van der Waals surface area contributed by atoms with Crippen molar-refractivity contribution >= 4 is 27.3 Å². The third-order valence-corrected chi connectivity index (χ3v) is 9.81. The van der Waals surface area contributed by atoms with Gasteiger partial charge in [-0.1, -0.05) is 18.7 Å². The van der Waals surface area contributed by atoms with Crippen LogP contribution >= 0.6 is 11.3 Å². The molecule has 5 heterocycles. The van der Waals surface area contributed by atoms with Gasteiger partial charge in [0.2, 0.25) is 5.91 Å². The Hall–Kier alpha value is -4.41. The van der Waals surface area contributed by atoms with E-state index in [1.54, 1.807) is 4.90 Å². The number of benzene rings is 2. The molecule has 10 heteroatoms. The molecule has 1 unspecified atom stereocenters. The van der Waals surface area contributed by atoms with Crippen LogP contribution in [0.25, 0.3) is 43.9 Å². The van der Waals surface area contributed by atoms with E-state index in [1.165, 1.54) is 34.6 Å². The smallest absolute Gasteiger partial charge is 0.246 e. The van der Waals surface area contributed by atoms with Gasteiger partial charge < -0.3 is 14.5 Å². The lowest BCUT2D eigenvalue weighted by atomic mass is 9.93. The molecule has 7 nitrogen and oxygen atoms in total. The maximum Gasteiger partial charge on any atom is 0.246 e. The van der Waals surface area contributed by atoms with Crippen LogP contribution in [0, 0.1) is 11.6 Å². The van der Waals surface area contributed by atoms with Crippen LogP contribution in [0.5, 0.6) is 5.75 Å². The molecule has 0 N–H and O–H groups in total. The summed E-state index contributed by atoms with van der Waals surface area (Å²) in [5.74, 6) is -1.50. The number of pyridine rings is 1. The topological polar surface area (TPSA) is 63.5 Å². The summed E-state index contributed by atoms with van der Waals surface area (Å²) in [6.45, 7) is 12.1. The monoisotopic (exact) mass is 639 g/mol. The van der Waals surface area contributed by atoms with Gasteiger partial charge in [-0.3, -0.25) is 9.48 Å². The van der Waals surface area contributed by atoms with Crippen molar-refractivity contribution in [3.05, 3.63) is 89.0 Å². The molecule has 2 aromatic carbocycles. The van der Waals surface area contributed by atoms with Crippen molar-refractivity contribution < 1.29 is 18.3 Å². The van der Waals surface area contributed by atoms with Crippen molar-refractivity contribution in [1.82, 2.24) is 24.6 Å². The zero-order valence-corrected chi connectivity index (χ0v) is 27.1. The van der Waals surface area contributed by atoms with Crippen molar-refractivity contribution in [2.45, 2.75) is 52.4 Å². The summed E-state index contributed by atoms with van der Waals surface area (Å²) in [7, 11) is 2.13. The largest absolute Gasteiger partial charge is 0.490 e. The number of nitrogens with zero attached hydrogens (tertiary/aromatic N) is 5. The molecule has 0 saturated carbocycles. The number of hydrogen-bond acceptors (Lipinski definition) is 6. The SMILES string of the molecule is C=CC(=O)N1CCn2nc(-c3nc(-c4ccc5c(c4)CCN(C)C5)c4ccsc4c3-c3c(F)cc(F)cc3OC(C)C)cc2C1C. The molecule has 0 fully saturated rings. The molecule has 2 aliphatic heterocycles. The highest BCUT2D eigenvalue weighted by molar-refractivity contribution is 7.18. The molecule has 0 aliphatic carbocycles. The van der Waals surface area contributed by atoms with Gasteiger partial charge in [-0.2, -0.15) is 5.10 Å². The number of hydrogen-bond donors (Lipinski definition) is 0. The van der Waals surface area contributed by atoms with Crippen LogP contribution in [-0.4, -0.2) is 56.7 Å². The summed E-state index contributed by atoms with van der Waals surface area (Å²) < 4.78 is 39.4. The Labute approximate surface area is 270 Å². The number of fused-ring (bicyclic) bond motifs is 3. The van der Waals surface area contributed by atoms with Gasteiger partial charge in [0.15, 0.2) is 0 Å². The Bertz CT molecular complexity index is 2020. The molecule has 7 rings (SSSR count). The lowest BCUT2D eigenvalue weighted by Gasteiger charge is -2.33. The predicted octanol–water partition coefficient (Wildman–Crippen LogP) is 7.64. The van der Waals surface area contributed by atoms with E-state index in [0.717, 1.165) is 52.6 Å². The van der Waals surface area contributed by atoms with Crippen molar-refractivity contribution in [3.63, 3.8) is 0 Å². The lowest BCUT2D eigenvalue weighted by Crippen LogP contribution is -2.40. The Morgan fingerprint density at radius 3 is 2.67 bits per heavy atom. The van der Waals surface area contributed by atoms with Crippen LogP contribution in [0.3, 0.4) is 0 Å². The van der Waals surface area contributed by atoms with E-state index in [2.05, 4.69) is 36.7 Å². The van der Waals surface area contributed by atoms with Crippen LogP contribution in [-0.2, 0) is 24.3 Å². The molecule has 0 radical (unpaired) electrons. The van der Waals surface area contributed by atoms with Gasteiger partial charge in [-0.15, -0.1) is 11.3 Å². The van der Waals surface area contributed by atoms with Crippen LogP contribution < -0.4 is 4.74 Å². The Morgan fingerprint density at radius 1 is 1.07 bits per heavy atom. The highest BCUT2D eigenvalue weighted by Crippen LogP contribution is 2.47. The highest BCUT2D eigenvalue weighted by Gasteiger charge is 2.31. The minimum atomic E-state index is -0.737. The summed E-state index contributed by atoms with van der Waals surface area (Å²) >= 11 is 1.48. The number of amides is 1. The quantitative estimate of drug-likeness (QED) is 0.179. The molecule has 1 amide bonds. The van der Waals surface area contributed by atoms with Gasteiger partial charge in [-0.05, 0) is 75.0 Å². The van der Waals surface area contributed by atoms with E-state index >= 15 is 4.39 Å². The minimum Gasteiger partial charge on any atom is -0.490 e. The molecule has 236 valence electrons. The number of likely N-dealkylation sites (N-methyl/N-ethyl adjacent to an activating group) is 1. The minimum absolute atomic E-state index is 0.107. The van der Waals surface area contributed by atoms with Gasteiger partial charge in [0.25, 0.3) is 0 Å². The zero-order chi connectivity index (χ0) is 32.3. The van der Waals surface area contributed by atoms with Crippen molar-refractivity contribution in [1.29, 1.82) is 0 Å². The maximum atomic E-state index is 16.1. The van der Waals surface area contributed by atoms with Crippen molar-refractivity contribution in [2.24, 2.45) is 0 Å². The van der Waals surface area contributed by atoms with E-state index < -0.39 is 11.6 Å². The summed E-state index contributed by atoms with van der Waals surface area (Å²) in [5, 5.41) is 7.82. The van der Waals surface area contributed by atoms with Gasteiger partial charge in [0, 0.05) is 53.0 Å². The normalized spacial score (nSPS) is 16.5. The molecule has 0 bridgehead atoms. The molecule has 46 heavy (non-hydrogen) atoms. The molecule has 1 atom stereocenters. The summed E-state index contributed by atoms with van der Waals surface area (Å²) in [6.07, 6.45) is 1.95. The number of ether oxygens (including phenoxy) is 1. The highest BCUT2D eigenvalue weighted by atomic mass is 32.1. The maximum absolute atomic E-state index is 16.1. The number of carbonyl (C=O) groups excluding carboxylic acids is 1. The van der Waals surface area contributed by atoms with E-state index in [9.17, 15) is 9.18 Å². The van der Waals surface area contributed by atoms with Crippen LogP contribution in [0.4, 0.5) is 8.78 Å². The molecular formula is C36H35F2N5O2S. The number of thiophene rings is 1. The Morgan fingerprint density at radius 2 is 1.89 bits per heavy atom. The first-order chi connectivity index (χ1) is 22.1. The number of carbonyl (C=O) groups is 1. The third-order valence-electron chi connectivity index (χ3n) is 8.88. The summed E-state index contributed by atoms with van der Waals surface area (Å²) in [6, 6.07) is 12.3. The second-order valence-electron chi connectivity index (χ2n) is 12.3. The van der Waals surface area contributed by atoms with E-state index in [0.29, 0.717) is 30.0 Å². The van der Waals surface area contributed by atoms with Gasteiger partial charge in [0.1, 0.15) is 28.8 Å². The Kier molecular flexibility index (Phi) is 7.73. The average molecular weight is 640 g/mol. The predicted molar refractivity (Wildman–Crippen MR) is 178 cm³/mol. The average Bonchev–Trinajstić information content (AvgIpc) is 3.68. The van der Waals surface area contributed by atoms with Crippen molar-refractivity contribution in [2.75, 3.05) is 20.1 Å². The molecule has 2 aliphatic rings. The van der Waals surface area contributed by atoms with Crippen LogP contribution in [0.2, 0.25) is 0 Å². The fraction of sp³-hybridized carbons (Fsp3) is 0.306. The summed E-state index contributed by atoms with van der Waals surface area (Å²) in [5.41, 5.74) is 6.84. The fourth-order valence-corrected chi connectivity index (χ4v) is 7.63. The molecule has 3 aromatic heterocycles.